The Balaban J connectivity index is 1.91. The van der Waals surface area contributed by atoms with E-state index < -0.39 is 0 Å². The fourth-order valence-electron chi connectivity index (χ4n) is 2.29. The number of rotatable bonds is 3. The highest BCUT2D eigenvalue weighted by Gasteiger charge is 2.03. The van der Waals surface area contributed by atoms with E-state index in [0.29, 0.717) is 16.7 Å². The molecule has 3 aromatic rings. The lowest BCUT2D eigenvalue weighted by Crippen LogP contribution is -2.07. The molecule has 0 fully saturated rings. The third kappa shape index (κ3) is 3.54. The van der Waals surface area contributed by atoms with E-state index in [1.807, 2.05) is 61.5 Å². The molecule has 1 aromatic heterocycles. The van der Waals surface area contributed by atoms with Crippen LogP contribution in [0.4, 0.5) is 5.69 Å². The van der Waals surface area contributed by atoms with Gasteiger partial charge < -0.3 is 9.32 Å². The summed E-state index contributed by atoms with van der Waals surface area (Å²) in [5.74, 6) is 0.543. The predicted molar refractivity (Wildman–Crippen MR) is 99.9 cm³/mol. The van der Waals surface area contributed by atoms with Gasteiger partial charge in [0.15, 0.2) is 5.43 Å². The first-order chi connectivity index (χ1) is 11.0. The molecule has 0 radical (unpaired) electrons. The van der Waals surface area contributed by atoms with E-state index in [9.17, 15) is 4.79 Å². The Morgan fingerprint density at radius 2 is 1.74 bits per heavy atom. The van der Waals surface area contributed by atoms with E-state index in [1.165, 1.54) is 6.07 Å². The second-order valence-electron chi connectivity index (χ2n) is 5.47. The minimum absolute atomic E-state index is 0.0462. The number of fused-ring (bicyclic) bond motifs is 1. The number of halogens is 1. The van der Waals surface area contributed by atoms with Gasteiger partial charge >= 0.3 is 0 Å². The zero-order valence-electron chi connectivity index (χ0n) is 12.9. The summed E-state index contributed by atoms with van der Waals surface area (Å²) in [7, 11) is 4.01. The van der Waals surface area contributed by atoms with Crippen LogP contribution < -0.4 is 10.3 Å². The van der Waals surface area contributed by atoms with Crippen LogP contribution in [0.25, 0.3) is 23.1 Å². The molecule has 0 amide bonds. The first-order valence-corrected chi connectivity index (χ1v) is 8.01. The average molecular weight is 370 g/mol. The van der Waals surface area contributed by atoms with Crippen LogP contribution in [-0.2, 0) is 0 Å². The van der Waals surface area contributed by atoms with Gasteiger partial charge in [-0.15, -0.1) is 0 Å². The molecule has 0 saturated carbocycles. The maximum Gasteiger partial charge on any atom is 0.193 e. The summed E-state index contributed by atoms with van der Waals surface area (Å²) in [6, 6.07) is 15.1. The molecular formula is C19H16BrNO2. The summed E-state index contributed by atoms with van der Waals surface area (Å²) in [5.41, 5.74) is 2.73. The van der Waals surface area contributed by atoms with Crippen LogP contribution in [0.3, 0.4) is 0 Å². The number of anilines is 1. The molecule has 23 heavy (non-hydrogen) atoms. The standard InChI is InChI=1S/C19H16BrNO2/c1-21(2)15-7-3-13(4-8-15)5-9-16-12-18(22)17-11-14(20)6-10-19(17)23-16/h3-12H,1-2H3/b9-5+. The zero-order chi connectivity index (χ0) is 16.4. The van der Waals surface area contributed by atoms with E-state index in [2.05, 4.69) is 15.9 Å². The molecule has 3 rings (SSSR count). The SMILES string of the molecule is CN(C)c1ccc(/C=C/c2cc(=O)c3cc(Br)ccc3o2)cc1. The van der Waals surface area contributed by atoms with Crippen molar-refractivity contribution in [1.29, 1.82) is 0 Å². The summed E-state index contributed by atoms with van der Waals surface area (Å²) in [6.45, 7) is 0. The van der Waals surface area contributed by atoms with Crippen LogP contribution in [-0.4, -0.2) is 14.1 Å². The summed E-state index contributed by atoms with van der Waals surface area (Å²) in [6.07, 6.45) is 3.75. The fraction of sp³-hybridized carbons (Fsp3) is 0.105. The van der Waals surface area contributed by atoms with Crippen molar-refractivity contribution in [3.8, 4) is 0 Å². The van der Waals surface area contributed by atoms with Crippen LogP contribution in [0, 0.1) is 0 Å². The van der Waals surface area contributed by atoms with E-state index in [4.69, 9.17) is 4.42 Å². The van der Waals surface area contributed by atoms with Crippen LogP contribution in [0.1, 0.15) is 11.3 Å². The molecule has 0 N–H and O–H groups in total. The van der Waals surface area contributed by atoms with E-state index in [1.54, 1.807) is 12.1 Å². The molecule has 116 valence electrons. The van der Waals surface area contributed by atoms with E-state index >= 15 is 0 Å². The maximum atomic E-state index is 12.2. The molecule has 0 atom stereocenters. The topological polar surface area (TPSA) is 33.5 Å². The lowest BCUT2D eigenvalue weighted by molar-refractivity contribution is 0.591. The Morgan fingerprint density at radius 1 is 1.00 bits per heavy atom. The highest BCUT2D eigenvalue weighted by atomic mass is 79.9. The monoisotopic (exact) mass is 369 g/mol. The molecule has 2 aromatic carbocycles. The van der Waals surface area contributed by atoms with Crippen LogP contribution in [0.5, 0.6) is 0 Å². The number of nitrogens with zero attached hydrogens (tertiary/aromatic N) is 1. The molecular weight excluding hydrogens is 354 g/mol. The van der Waals surface area contributed by atoms with Crippen molar-refractivity contribution in [3.63, 3.8) is 0 Å². The second kappa shape index (κ2) is 6.42. The molecule has 3 nitrogen and oxygen atoms in total. The van der Waals surface area contributed by atoms with Gasteiger partial charge in [-0.2, -0.15) is 0 Å². The molecule has 0 spiro atoms. The van der Waals surface area contributed by atoms with Crippen molar-refractivity contribution in [1.82, 2.24) is 0 Å². The highest BCUT2D eigenvalue weighted by molar-refractivity contribution is 9.10. The third-order valence-corrected chi connectivity index (χ3v) is 4.05. The quantitative estimate of drug-likeness (QED) is 0.665. The van der Waals surface area contributed by atoms with Gasteiger partial charge in [0.1, 0.15) is 11.3 Å². The Morgan fingerprint density at radius 3 is 2.43 bits per heavy atom. The number of benzene rings is 2. The average Bonchev–Trinajstić information content (AvgIpc) is 2.54. The fourth-order valence-corrected chi connectivity index (χ4v) is 2.65. The van der Waals surface area contributed by atoms with Crippen molar-refractivity contribution >= 4 is 44.7 Å². The Labute approximate surface area is 143 Å². The maximum absolute atomic E-state index is 12.2. The summed E-state index contributed by atoms with van der Waals surface area (Å²) >= 11 is 3.36. The van der Waals surface area contributed by atoms with E-state index in [0.717, 1.165) is 15.7 Å². The van der Waals surface area contributed by atoms with Crippen molar-refractivity contribution in [2.24, 2.45) is 0 Å². The minimum atomic E-state index is -0.0462. The van der Waals surface area contributed by atoms with Gasteiger partial charge in [0, 0.05) is 30.3 Å². The molecule has 0 aliphatic heterocycles. The lowest BCUT2D eigenvalue weighted by atomic mass is 10.1. The summed E-state index contributed by atoms with van der Waals surface area (Å²) in [4.78, 5) is 14.2. The smallest absolute Gasteiger partial charge is 0.193 e. The van der Waals surface area contributed by atoms with Gasteiger partial charge in [-0.25, -0.2) is 0 Å². The molecule has 0 aliphatic carbocycles. The molecule has 4 heteroatoms. The predicted octanol–water partition coefficient (Wildman–Crippen LogP) is 4.79. The van der Waals surface area contributed by atoms with Crippen molar-refractivity contribution in [3.05, 3.63) is 74.6 Å². The van der Waals surface area contributed by atoms with Crippen molar-refractivity contribution < 1.29 is 4.42 Å². The normalized spacial score (nSPS) is 11.3. The van der Waals surface area contributed by atoms with Crippen molar-refractivity contribution in [2.45, 2.75) is 0 Å². The lowest BCUT2D eigenvalue weighted by Gasteiger charge is -2.11. The molecule has 1 heterocycles. The van der Waals surface area contributed by atoms with Crippen LogP contribution >= 0.6 is 15.9 Å². The van der Waals surface area contributed by atoms with Gasteiger partial charge in [-0.3, -0.25) is 4.79 Å². The largest absolute Gasteiger partial charge is 0.456 e. The minimum Gasteiger partial charge on any atom is -0.456 e. The van der Waals surface area contributed by atoms with Gasteiger partial charge in [0.25, 0.3) is 0 Å². The van der Waals surface area contributed by atoms with Gasteiger partial charge in [0.2, 0.25) is 0 Å². The molecule has 0 saturated heterocycles. The Kier molecular flexibility index (Phi) is 4.35. The van der Waals surface area contributed by atoms with Crippen LogP contribution in [0.15, 0.2) is 62.2 Å². The summed E-state index contributed by atoms with van der Waals surface area (Å²) in [5, 5.41) is 0.576. The zero-order valence-corrected chi connectivity index (χ0v) is 14.5. The molecule has 0 aliphatic rings. The van der Waals surface area contributed by atoms with E-state index in [-0.39, 0.29) is 5.43 Å². The molecule has 0 bridgehead atoms. The van der Waals surface area contributed by atoms with Crippen LogP contribution in [0.2, 0.25) is 0 Å². The third-order valence-electron chi connectivity index (χ3n) is 3.56. The number of hydrogen-bond acceptors (Lipinski definition) is 3. The first kappa shape index (κ1) is 15.6. The second-order valence-corrected chi connectivity index (χ2v) is 6.39. The van der Waals surface area contributed by atoms with Crippen molar-refractivity contribution in [2.75, 3.05) is 19.0 Å². The van der Waals surface area contributed by atoms with Gasteiger partial charge in [-0.05, 0) is 42.0 Å². The Bertz CT molecular complexity index is 924. The first-order valence-electron chi connectivity index (χ1n) is 7.22. The van der Waals surface area contributed by atoms with Gasteiger partial charge in [-0.1, -0.05) is 34.1 Å². The van der Waals surface area contributed by atoms with Gasteiger partial charge in [0.05, 0.1) is 5.39 Å². The Hall–Kier alpha value is -2.33. The molecule has 0 unspecified atom stereocenters. The summed E-state index contributed by atoms with van der Waals surface area (Å²) < 4.78 is 6.63. The highest BCUT2D eigenvalue weighted by Crippen LogP contribution is 2.19. The number of hydrogen-bond donors (Lipinski definition) is 0.